The Labute approximate surface area is 167 Å². The molecule has 0 unspecified atom stereocenters. The van der Waals surface area contributed by atoms with Crippen LogP contribution >= 0.6 is 0 Å². The lowest BCUT2D eigenvalue weighted by Gasteiger charge is -2.07. The number of nitrogens with one attached hydrogen (secondary N) is 1. The molecule has 6 nitrogen and oxygen atoms in total. The van der Waals surface area contributed by atoms with Crippen molar-refractivity contribution in [3.05, 3.63) is 82.6 Å². The first-order chi connectivity index (χ1) is 13.9. The van der Waals surface area contributed by atoms with Gasteiger partial charge < -0.3 is 19.6 Å². The average Bonchev–Trinajstić information content (AvgIpc) is 3.17. The van der Waals surface area contributed by atoms with Gasteiger partial charge in [0.15, 0.2) is 0 Å². The summed E-state index contributed by atoms with van der Waals surface area (Å²) < 4.78 is 5.65. The van der Waals surface area contributed by atoms with Gasteiger partial charge in [-0.25, -0.2) is 0 Å². The third kappa shape index (κ3) is 4.60. The van der Waals surface area contributed by atoms with Gasteiger partial charge in [-0.3, -0.25) is 4.79 Å². The summed E-state index contributed by atoms with van der Waals surface area (Å²) in [6, 6.07) is 16.7. The molecule has 0 spiro atoms. The molecule has 29 heavy (non-hydrogen) atoms. The summed E-state index contributed by atoms with van der Waals surface area (Å²) in [6.45, 7) is 3.91. The summed E-state index contributed by atoms with van der Waals surface area (Å²) in [5.74, 6) is -1.13. The first-order valence-corrected chi connectivity index (χ1v) is 8.79. The number of hydrogen-bond acceptors (Lipinski definition) is 5. The molecule has 1 aromatic heterocycles. The molecule has 6 heteroatoms. The van der Waals surface area contributed by atoms with Gasteiger partial charge in [0.1, 0.15) is 23.2 Å². The third-order valence-electron chi connectivity index (χ3n) is 4.43. The highest BCUT2D eigenvalue weighted by atomic mass is 16.4. The molecule has 0 aliphatic carbocycles. The molecule has 0 aliphatic heterocycles. The second-order valence-electron chi connectivity index (χ2n) is 6.49. The minimum atomic E-state index is -1.28. The lowest BCUT2D eigenvalue weighted by Crippen LogP contribution is -2.22. The Morgan fingerprint density at radius 3 is 2.55 bits per heavy atom. The van der Waals surface area contributed by atoms with Crippen LogP contribution in [-0.2, 0) is 4.79 Å². The fourth-order valence-electron chi connectivity index (χ4n) is 2.69. The van der Waals surface area contributed by atoms with Gasteiger partial charge in [0.05, 0.1) is 5.97 Å². The van der Waals surface area contributed by atoms with E-state index >= 15 is 0 Å². The number of carboxylic acid groups (broad SMARTS) is 1. The largest absolute Gasteiger partial charge is 0.545 e. The first-order valence-electron chi connectivity index (χ1n) is 8.79. The molecular weight excluding hydrogens is 368 g/mol. The summed E-state index contributed by atoms with van der Waals surface area (Å²) in [4.78, 5) is 23.4. The van der Waals surface area contributed by atoms with Gasteiger partial charge >= 0.3 is 0 Å². The van der Waals surface area contributed by atoms with Gasteiger partial charge in [-0.2, -0.15) is 5.26 Å². The van der Waals surface area contributed by atoms with Crippen molar-refractivity contribution in [3.8, 4) is 17.4 Å². The highest BCUT2D eigenvalue weighted by Crippen LogP contribution is 2.24. The summed E-state index contributed by atoms with van der Waals surface area (Å²) in [5, 5.41) is 23.1. The van der Waals surface area contributed by atoms with Crippen molar-refractivity contribution in [1.82, 2.24) is 0 Å². The number of furan rings is 1. The fourth-order valence-corrected chi connectivity index (χ4v) is 2.69. The Morgan fingerprint density at radius 1 is 1.07 bits per heavy atom. The molecule has 144 valence electrons. The van der Waals surface area contributed by atoms with Gasteiger partial charge in [-0.05, 0) is 60.9 Å². The van der Waals surface area contributed by atoms with E-state index in [1.54, 1.807) is 30.3 Å². The number of amides is 1. The highest BCUT2D eigenvalue weighted by Gasteiger charge is 2.12. The molecule has 0 saturated carbocycles. The number of rotatable bonds is 5. The summed E-state index contributed by atoms with van der Waals surface area (Å²) in [6.07, 6.45) is 1.34. The zero-order valence-corrected chi connectivity index (χ0v) is 15.9. The average molecular weight is 385 g/mol. The topological polar surface area (TPSA) is 106 Å². The number of aromatic carboxylic acids is 1. The van der Waals surface area contributed by atoms with Crippen LogP contribution in [0.5, 0.6) is 0 Å². The molecular formula is C23H17N2O4-. The Hall–Kier alpha value is -4.11. The number of nitriles is 1. The van der Waals surface area contributed by atoms with Crippen molar-refractivity contribution < 1.29 is 19.1 Å². The maximum atomic E-state index is 12.4. The lowest BCUT2D eigenvalue weighted by atomic mass is 10.1. The molecule has 1 heterocycles. The Bertz CT molecular complexity index is 1170. The van der Waals surface area contributed by atoms with Crippen molar-refractivity contribution in [3.63, 3.8) is 0 Å². The molecule has 0 bridgehead atoms. The normalized spacial score (nSPS) is 11.0. The molecule has 2 aromatic carbocycles. The van der Waals surface area contributed by atoms with E-state index in [2.05, 4.69) is 5.32 Å². The van der Waals surface area contributed by atoms with Crippen LogP contribution in [0.25, 0.3) is 17.4 Å². The zero-order valence-electron chi connectivity index (χ0n) is 15.9. The zero-order chi connectivity index (χ0) is 21.0. The molecule has 1 amide bonds. The number of aryl methyl sites for hydroxylation is 2. The minimum Gasteiger partial charge on any atom is -0.545 e. The third-order valence-corrected chi connectivity index (χ3v) is 4.43. The van der Waals surface area contributed by atoms with E-state index in [1.807, 2.05) is 32.0 Å². The van der Waals surface area contributed by atoms with Crippen LogP contribution in [0, 0.1) is 25.2 Å². The van der Waals surface area contributed by atoms with Crippen LogP contribution < -0.4 is 10.4 Å². The van der Waals surface area contributed by atoms with E-state index in [9.17, 15) is 20.0 Å². The van der Waals surface area contributed by atoms with Crippen LogP contribution in [0.2, 0.25) is 0 Å². The monoisotopic (exact) mass is 385 g/mol. The van der Waals surface area contributed by atoms with Crippen molar-refractivity contribution in [1.29, 1.82) is 5.26 Å². The Morgan fingerprint density at radius 2 is 1.86 bits per heavy atom. The fraction of sp³-hybridized carbons (Fsp3) is 0.0870. The van der Waals surface area contributed by atoms with Crippen molar-refractivity contribution in [2.45, 2.75) is 13.8 Å². The number of anilines is 1. The first kappa shape index (κ1) is 19.6. The molecule has 0 aliphatic rings. The number of hydrogen-bond donors (Lipinski definition) is 1. The van der Waals surface area contributed by atoms with Gasteiger partial charge in [0.25, 0.3) is 5.91 Å². The highest BCUT2D eigenvalue weighted by molar-refractivity contribution is 6.09. The minimum absolute atomic E-state index is 0.0291. The van der Waals surface area contributed by atoms with Crippen LogP contribution in [0.15, 0.2) is 64.6 Å². The Balaban J connectivity index is 1.82. The number of carboxylic acids is 1. The van der Waals surface area contributed by atoms with Gasteiger partial charge in [-0.15, -0.1) is 0 Å². The number of benzene rings is 2. The van der Waals surface area contributed by atoms with E-state index in [4.69, 9.17) is 4.42 Å². The lowest BCUT2D eigenvalue weighted by molar-refractivity contribution is -0.255. The predicted octanol–water partition coefficient (Wildman–Crippen LogP) is 3.47. The van der Waals surface area contributed by atoms with Gasteiger partial charge in [0, 0.05) is 17.3 Å². The SMILES string of the molecule is Cc1ccc(NC(=O)/C(C#N)=C/c2ccc(-c3cccc(C(=O)[O-])c3)o2)cc1C. The van der Waals surface area contributed by atoms with Gasteiger partial charge in [-0.1, -0.05) is 24.3 Å². The van der Waals surface area contributed by atoms with E-state index in [-0.39, 0.29) is 11.1 Å². The van der Waals surface area contributed by atoms with E-state index in [0.29, 0.717) is 22.8 Å². The number of carbonyl (C=O) groups is 2. The quantitative estimate of drug-likeness (QED) is 0.535. The molecule has 0 saturated heterocycles. The second-order valence-corrected chi connectivity index (χ2v) is 6.49. The Kier molecular flexibility index (Phi) is 5.61. The van der Waals surface area contributed by atoms with Crippen LogP contribution in [0.3, 0.4) is 0 Å². The maximum absolute atomic E-state index is 12.4. The van der Waals surface area contributed by atoms with Crippen LogP contribution in [0.4, 0.5) is 5.69 Å². The predicted molar refractivity (Wildman–Crippen MR) is 107 cm³/mol. The maximum Gasteiger partial charge on any atom is 0.266 e. The molecule has 0 radical (unpaired) electrons. The second kappa shape index (κ2) is 8.28. The molecule has 3 rings (SSSR count). The number of nitrogens with zero attached hydrogens (tertiary/aromatic N) is 1. The van der Waals surface area contributed by atoms with E-state index in [1.165, 1.54) is 18.2 Å². The summed E-state index contributed by atoms with van der Waals surface area (Å²) >= 11 is 0. The number of carbonyl (C=O) groups excluding carboxylic acids is 2. The molecule has 3 aromatic rings. The van der Waals surface area contributed by atoms with Crippen molar-refractivity contribution in [2.24, 2.45) is 0 Å². The van der Waals surface area contributed by atoms with Gasteiger partial charge in [0.2, 0.25) is 0 Å². The molecule has 0 fully saturated rings. The standard InChI is InChI=1S/C23H18N2O4/c1-14-6-7-19(10-15(14)2)25-22(26)18(13-24)12-20-8-9-21(29-20)16-4-3-5-17(11-16)23(27)28/h3-12H,1-2H3,(H,25,26)(H,27,28)/p-1/b18-12+. The van der Waals surface area contributed by atoms with Crippen molar-refractivity contribution in [2.75, 3.05) is 5.32 Å². The van der Waals surface area contributed by atoms with E-state index < -0.39 is 11.9 Å². The molecule has 0 atom stereocenters. The van der Waals surface area contributed by atoms with Crippen molar-refractivity contribution >= 4 is 23.6 Å². The van der Waals surface area contributed by atoms with Crippen LogP contribution in [0.1, 0.15) is 27.2 Å². The summed E-state index contributed by atoms with van der Waals surface area (Å²) in [5.41, 5.74) is 3.18. The van der Waals surface area contributed by atoms with E-state index in [0.717, 1.165) is 11.1 Å². The molecule has 1 N–H and O–H groups in total. The summed E-state index contributed by atoms with van der Waals surface area (Å²) in [7, 11) is 0. The smallest absolute Gasteiger partial charge is 0.266 e. The van der Waals surface area contributed by atoms with Crippen LogP contribution in [-0.4, -0.2) is 11.9 Å².